The molecular weight excluding hydrogens is 292 g/mol. The lowest BCUT2D eigenvalue weighted by Crippen LogP contribution is -2.20. The molecule has 0 saturated heterocycles. The molecule has 0 bridgehead atoms. The van der Waals surface area contributed by atoms with E-state index in [0.29, 0.717) is 15.8 Å². The highest BCUT2D eigenvalue weighted by Gasteiger charge is 2.13. The van der Waals surface area contributed by atoms with Gasteiger partial charge in [0, 0.05) is 6.07 Å². The zero-order valence-electron chi connectivity index (χ0n) is 10.7. The molecule has 0 aliphatic heterocycles. The van der Waals surface area contributed by atoms with Crippen molar-refractivity contribution in [3.63, 3.8) is 0 Å². The second-order valence-electron chi connectivity index (χ2n) is 4.46. The fraction of sp³-hybridized carbons (Fsp3) is 0.0769. The predicted octanol–water partition coefficient (Wildman–Crippen LogP) is 2.00. The quantitative estimate of drug-likeness (QED) is 0.452. The third-order valence-electron chi connectivity index (χ3n) is 3.08. The number of anilines is 1. The molecule has 3 aromatic rings. The number of fused-ring (bicyclic) bond motifs is 1. The van der Waals surface area contributed by atoms with E-state index in [-0.39, 0.29) is 23.5 Å². The van der Waals surface area contributed by atoms with Crippen LogP contribution in [0.1, 0.15) is 5.56 Å². The van der Waals surface area contributed by atoms with Crippen molar-refractivity contribution < 1.29 is 4.92 Å². The number of nitrogens with two attached hydrogens (primary N) is 1. The zero-order chi connectivity index (χ0) is 15.0. The maximum Gasteiger partial charge on any atom is 0.292 e. The van der Waals surface area contributed by atoms with Gasteiger partial charge in [0.25, 0.3) is 11.2 Å². The van der Waals surface area contributed by atoms with Crippen LogP contribution in [-0.2, 0) is 6.54 Å². The highest BCUT2D eigenvalue weighted by Crippen LogP contribution is 2.22. The van der Waals surface area contributed by atoms with Crippen LogP contribution in [-0.4, -0.2) is 14.5 Å². The molecule has 0 radical (unpaired) electrons. The standard InChI is InChI=1S/C13H10N4O3S/c14-9-2-1-8(5-11(9)17(19)20)6-16-7-15-10-3-4-21-12(10)13(16)18/h1-5,7H,6,14H2. The Balaban J connectivity index is 2.02. The average molecular weight is 302 g/mol. The predicted molar refractivity (Wildman–Crippen MR) is 80.5 cm³/mol. The minimum absolute atomic E-state index is 0.0999. The fourth-order valence-corrected chi connectivity index (χ4v) is 2.83. The van der Waals surface area contributed by atoms with Gasteiger partial charge in [0.2, 0.25) is 0 Å². The fourth-order valence-electron chi connectivity index (χ4n) is 2.03. The number of nitro groups is 1. The van der Waals surface area contributed by atoms with Crippen molar-refractivity contribution in [3.8, 4) is 0 Å². The van der Waals surface area contributed by atoms with Crippen molar-refractivity contribution in [1.82, 2.24) is 9.55 Å². The van der Waals surface area contributed by atoms with Gasteiger partial charge in [-0.05, 0) is 23.1 Å². The Bertz CT molecular complexity index is 900. The topological polar surface area (TPSA) is 104 Å². The number of nitro benzene ring substituents is 1. The van der Waals surface area contributed by atoms with E-state index in [4.69, 9.17) is 5.73 Å². The first-order valence-corrected chi connectivity index (χ1v) is 6.89. The van der Waals surface area contributed by atoms with E-state index >= 15 is 0 Å². The summed E-state index contributed by atoms with van der Waals surface area (Å²) in [5, 5.41) is 12.7. The van der Waals surface area contributed by atoms with Gasteiger partial charge in [0.1, 0.15) is 10.4 Å². The molecule has 0 atom stereocenters. The number of thiophene rings is 1. The lowest BCUT2D eigenvalue weighted by molar-refractivity contribution is -0.384. The van der Waals surface area contributed by atoms with Crippen LogP contribution in [0.15, 0.2) is 40.8 Å². The lowest BCUT2D eigenvalue weighted by Gasteiger charge is -2.06. The van der Waals surface area contributed by atoms with Gasteiger partial charge in [0.05, 0.1) is 23.3 Å². The van der Waals surface area contributed by atoms with Crippen LogP contribution in [0.25, 0.3) is 10.2 Å². The molecule has 1 aromatic carbocycles. The highest BCUT2D eigenvalue weighted by molar-refractivity contribution is 7.17. The molecule has 2 N–H and O–H groups in total. The van der Waals surface area contributed by atoms with Crippen LogP contribution < -0.4 is 11.3 Å². The summed E-state index contributed by atoms with van der Waals surface area (Å²) in [5.74, 6) is 0. The molecule has 0 spiro atoms. The van der Waals surface area contributed by atoms with E-state index in [9.17, 15) is 14.9 Å². The molecule has 0 aliphatic carbocycles. The van der Waals surface area contributed by atoms with Crippen LogP contribution >= 0.6 is 11.3 Å². The minimum atomic E-state index is -0.539. The Morgan fingerprint density at radius 1 is 1.38 bits per heavy atom. The summed E-state index contributed by atoms with van der Waals surface area (Å²) in [6.07, 6.45) is 1.44. The summed E-state index contributed by atoms with van der Waals surface area (Å²) in [7, 11) is 0. The number of hydrogen-bond donors (Lipinski definition) is 1. The Morgan fingerprint density at radius 3 is 2.95 bits per heavy atom. The molecular formula is C13H10N4O3S. The second-order valence-corrected chi connectivity index (χ2v) is 5.38. The molecule has 106 valence electrons. The molecule has 3 rings (SSSR count). The Hall–Kier alpha value is -2.74. The molecule has 0 aliphatic rings. The van der Waals surface area contributed by atoms with E-state index in [1.54, 1.807) is 17.5 Å². The van der Waals surface area contributed by atoms with Gasteiger partial charge in [0.15, 0.2) is 0 Å². The molecule has 0 saturated carbocycles. The van der Waals surface area contributed by atoms with E-state index < -0.39 is 4.92 Å². The number of hydrogen-bond acceptors (Lipinski definition) is 6. The van der Waals surface area contributed by atoms with Gasteiger partial charge in [-0.25, -0.2) is 4.98 Å². The Morgan fingerprint density at radius 2 is 2.19 bits per heavy atom. The molecule has 0 amide bonds. The van der Waals surface area contributed by atoms with Gasteiger partial charge < -0.3 is 5.73 Å². The minimum Gasteiger partial charge on any atom is -0.393 e. The van der Waals surface area contributed by atoms with Crippen molar-refractivity contribution in [2.45, 2.75) is 6.54 Å². The van der Waals surface area contributed by atoms with E-state index in [1.165, 1.54) is 34.4 Å². The maximum absolute atomic E-state index is 12.3. The smallest absolute Gasteiger partial charge is 0.292 e. The van der Waals surface area contributed by atoms with Crippen molar-refractivity contribution in [2.75, 3.05) is 5.73 Å². The third kappa shape index (κ3) is 2.36. The second kappa shape index (κ2) is 4.98. The SMILES string of the molecule is Nc1ccc(Cn2cnc3ccsc3c2=O)cc1[N+](=O)[O-]. The lowest BCUT2D eigenvalue weighted by atomic mass is 10.1. The van der Waals surface area contributed by atoms with Crippen molar-refractivity contribution in [2.24, 2.45) is 0 Å². The number of nitrogen functional groups attached to an aromatic ring is 1. The number of nitrogens with zero attached hydrogens (tertiary/aromatic N) is 3. The van der Waals surface area contributed by atoms with E-state index in [1.807, 2.05) is 0 Å². The number of rotatable bonds is 3. The molecule has 21 heavy (non-hydrogen) atoms. The van der Waals surface area contributed by atoms with Crippen LogP contribution in [0.2, 0.25) is 0 Å². The molecule has 8 heteroatoms. The van der Waals surface area contributed by atoms with Crippen LogP contribution in [0.3, 0.4) is 0 Å². The summed E-state index contributed by atoms with van der Waals surface area (Å²) in [5.41, 5.74) is 6.61. The van der Waals surface area contributed by atoms with Gasteiger partial charge in [-0.1, -0.05) is 6.07 Å². The van der Waals surface area contributed by atoms with Gasteiger partial charge in [-0.3, -0.25) is 19.5 Å². The molecule has 7 nitrogen and oxygen atoms in total. The normalized spacial score (nSPS) is 10.9. The zero-order valence-corrected chi connectivity index (χ0v) is 11.5. The summed E-state index contributed by atoms with van der Waals surface area (Å²) >= 11 is 1.33. The molecule has 2 heterocycles. The largest absolute Gasteiger partial charge is 0.393 e. The average Bonchev–Trinajstić information content (AvgIpc) is 2.93. The number of aromatic nitrogens is 2. The Kier molecular flexibility index (Phi) is 3.15. The van der Waals surface area contributed by atoms with Gasteiger partial charge in [-0.15, -0.1) is 11.3 Å². The van der Waals surface area contributed by atoms with E-state index in [0.717, 1.165) is 0 Å². The highest BCUT2D eigenvalue weighted by atomic mass is 32.1. The first-order chi connectivity index (χ1) is 10.1. The Labute approximate surface area is 122 Å². The van der Waals surface area contributed by atoms with Crippen molar-refractivity contribution >= 4 is 32.9 Å². The molecule has 0 unspecified atom stereocenters. The van der Waals surface area contributed by atoms with Gasteiger partial charge in [-0.2, -0.15) is 0 Å². The first-order valence-electron chi connectivity index (χ1n) is 6.01. The van der Waals surface area contributed by atoms with Crippen LogP contribution in [0, 0.1) is 10.1 Å². The van der Waals surface area contributed by atoms with Crippen LogP contribution in [0.5, 0.6) is 0 Å². The van der Waals surface area contributed by atoms with Crippen molar-refractivity contribution in [3.05, 3.63) is 62.0 Å². The third-order valence-corrected chi connectivity index (χ3v) is 3.97. The summed E-state index contributed by atoms with van der Waals surface area (Å²) in [4.78, 5) is 26.8. The van der Waals surface area contributed by atoms with Gasteiger partial charge >= 0.3 is 0 Å². The van der Waals surface area contributed by atoms with Crippen LogP contribution in [0.4, 0.5) is 11.4 Å². The van der Waals surface area contributed by atoms with Crippen molar-refractivity contribution in [1.29, 1.82) is 0 Å². The summed E-state index contributed by atoms with van der Waals surface area (Å²) in [6.45, 7) is 0.209. The molecule has 2 aromatic heterocycles. The summed E-state index contributed by atoms with van der Waals surface area (Å²) < 4.78 is 2.00. The monoisotopic (exact) mass is 302 g/mol. The molecule has 0 fully saturated rings. The maximum atomic E-state index is 12.3. The summed E-state index contributed by atoms with van der Waals surface area (Å²) in [6, 6.07) is 6.28. The first kappa shape index (κ1) is 13.3. The van der Waals surface area contributed by atoms with E-state index in [2.05, 4.69) is 4.98 Å². The number of benzene rings is 1.